The monoisotopic (exact) mass is 489 g/mol. The molecule has 4 aromatic rings. The molecule has 5 rings (SSSR count). The van der Waals surface area contributed by atoms with Crippen LogP contribution in [0, 0.1) is 0 Å². The quantitative estimate of drug-likeness (QED) is 0.427. The zero-order valence-electron chi connectivity index (χ0n) is 19.3. The second-order valence-corrected chi connectivity index (χ2v) is 8.82. The minimum Gasteiger partial charge on any atom is -0.490 e. The Kier molecular flexibility index (Phi) is 6.10. The van der Waals surface area contributed by atoms with Crippen LogP contribution in [-0.4, -0.2) is 64.3 Å². The standard InChI is InChI=1S/C25H24ClN7O2/c1-31(2)11-3-4-21(34)32-12-13-35-20-10-9-18(14-19(20)32)33-25-22(24(27)28-15-29-25)23(30-33)16-5-7-17(26)8-6-16/h3-10,14-15H,11-13H2,1-2H3,(H2,27,28,29). The highest BCUT2D eigenvalue weighted by molar-refractivity contribution is 6.30. The topological polar surface area (TPSA) is 102 Å². The molecule has 2 aromatic carbocycles. The Hall–Kier alpha value is -3.95. The van der Waals surface area contributed by atoms with Crippen molar-refractivity contribution in [3.05, 3.63) is 66.0 Å². The van der Waals surface area contributed by atoms with Gasteiger partial charge in [-0.25, -0.2) is 14.6 Å². The molecular formula is C25H24ClN7O2. The molecule has 3 heterocycles. The molecule has 1 amide bonds. The van der Waals surface area contributed by atoms with Crippen LogP contribution in [0.1, 0.15) is 0 Å². The van der Waals surface area contributed by atoms with Crippen molar-refractivity contribution in [2.75, 3.05) is 44.4 Å². The molecule has 0 fully saturated rings. The fourth-order valence-corrected chi connectivity index (χ4v) is 4.11. The molecule has 1 aliphatic rings. The second kappa shape index (κ2) is 9.36. The highest BCUT2D eigenvalue weighted by atomic mass is 35.5. The van der Waals surface area contributed by atoms with Crippen LogP contribution in [0.5, 0.6) is 5.75 Å². The summed E-state index contributed by atoms with van der Waals surface area (Å²) in [6.07, 6.45) is 4.85. The molecule has 0 atom stereocenters. The van der Waals surface area contributed by atoms with Crippen LogP contribution in [0.3, 0.4) is 0 Å². The van der Waals surface area contributed by atoms with Gasteiger partial charge in [0.2, 0.25) is 0 Å². The van der Waals surface area contributed by atoms with E-state index in [9.17, 15) is 4.79 Å². The molecular weight excluding hydrogens is 466 g/mol. The second-order valence-electron chi connectivity index (χ2n) is 8.38. The predicted molar refractivity (Wildman–Crippen MR) is 137 cm³/mol. The smallest absolute Gasteiger partial charge is 0.250 e. The molecule has 35 heavy (non-hydrogen) atoms. The number of nitrogen functional groups attached to an aromatic ring is 1. The molecule has 0 spiro atoms. The fourth-order valence-electron chi connectivity index (χ4n) is 3.99. The van der Waals surface area contributed by atoms with Gasteiger partial charge in [-0.15, -0.1) is 0 Å². The third-order valence-electron chi connectivity index (χ3n) is 5.66. The highest BCUT2D eigenvalue weighted by Gasteiger charge is 2.24. The lowest BCUT2D eigenvalue weighted by Gasteiger charge is -2.29. The molecule has 1 aliphatic heterocycles. The van der Waals surface area contributed by atoms with Crippen LogP contribution in [0.15, 0.2) is 60.9 Å². The number of rotatable bonds is 5. The third-order valence-corrected chi connectivity index (χ3v) is 5.91. The summed E-state index contributed by atoms with van der Waals surface area (Å²) in [5, 5.41) is 6.10. The van der Waals surface area contributed by atoms with Gasteiger partial charge in [0.25, 0.3) is 5.91 Å². The number of likely N-dealkylation sites (N-methyl/N-ethyl adjacent to an activating group) is 1. The number of benzene rings is 2. The van der Waals surface area contributed by atoms with Gasteiger partial charge < -0.3 is 20.3 Å². The third kappa shape index (κ3) is 4.43. The average Bonchev–Trinajstić information content (AvgIpc) is 3.24. The number of aromatic nitrogens is 4. The number of carbonyl (C=O) groups excluding carboxylic acids is 1. The largest absolute Gasteiger partial charge is 0.490 e. The maximum Gasteiger partial charge on any atom is 0.250 e. The van der Waals surface area contributed by atoms with E-state index in [4.69, 9.17) is 27.2 Å². The Balaban J connectivity index is 1.60. The van der Waals surface area contributed by atoms with E-state index in [0.717, 1.165) is 5.56 Å². The first kappa shape index (κ1) is 22.8. The lowest BCUT2D eigenvalue weighted by Crippen LogP contribution is -2.37. The molecule has 0 saturated carbocycles. The first-order valence-electron chi connectivity index (χ1n) is 11.1. The van der Waals surface area contributed by atoms with Crippen LogP contribution >= 0.6 is 11.6 Å². The lowest BCUT2D eigenvalue weighted by atomic mass is 10.1. The minimum atomic E-state index is -0.104. The van der Waals surface area contributed by atoms with Gasteiger partial charge in [-0.2, -0.15) is 5.10 Å². The maximum atomic E-state index is 13.0. The molecule has 2 N–H and O–H groups in total. The number of hydrogen-bond donors (Lipinski definition) is 1. The number of halogens is 1. The summed E-state index contributed by atoms with van der Waals surface area (Å²) in [6.45, 7) is 1.55. The van der Waals surface area contributed by atoms with Crippen molar-refractivity contribution in [2.24, 2.45) is 0 Å². The van der Waals surface area contributed by atoms with Crippen molar-refractivity contribution < 1.29 is 9.53 Å². The summed E-state index contributed by atoms with van der Waals surface area (Å²) in [4.78, 5) is 25.3. The summed E-state index contributed by atoms with van der Waals surface area (Å²) in [5.74, 6) is 0.862. The number of fused-ring (bicyclic) bond motifs is 2. The normalized spacial score (nSPS) is 13.4. The first-order chi connectivity index (χ1) is 16.9. The van der Waals surface area contributed by atoms with E-state index in [-0.39, 0.29) is 5.91 Å². The number of hydrogen-bond acceptors (Lipinski definition) is 7. The minimum absolute atomic E-state index is 0.104. The first-order valence-corrected chi connectivity index (χ1v) is 11.5. The molecule has 178 valence electrons. The van der Waals surface area contributed by atoms with Gasteiger partial charge in [-0.1, -0.05) is 29.8 Å². The summed E-state index contributed by atoms with van der Waals surface area (Å²) in [5.41, 5.74) is 9.67. The number of carbonyl (C=O) groups is 1. The molecule has 2 aromatic heterocycles. The number of ether oxygens (including phenoxy) is 1. The van der Waals surface area contributed by atoms with Crippen molar-refractivity contribution in [1.82, 2.24) is 24.6 Å². The van der Waals surface area contributed by atoms with Crippen LogP contribution in [0.25, 0.3) is 28.0 Å². The van der Waals surface area contributed by atoms with Gasteiger partial charge >= 0.3 is 0 Å². The van der Waals surface area contributed by atoms with E-state index in [0.29, 0.717) is 64.4 Å². The zero-order chi connectivity index (χ0) is 24.5. The number of anilines is 2. The summed E-state index contributed by atoms with van der Waals surface area (Å²) in [7, 11) is 3.91. The van der Waals surface area contributed by atoms with E-state index in [1.807, 2.05) is 55.4 Å². The Morgan fingerprint density at radius 1 is 1.20 bits per heavy atom. The van der Waals surface area contributed by atoms with Crippen molar-refractivity contribution in [1.29, 1.82) is 0 Å². The Labute approximate surface area is 207 Å². The van der Waals surface area contributed by atoms with Gasteiger partial charge in [-0.3, -0.25) is 4.79 Å². The fraction of sp³-hybridized carbons (Fsp3) is 0.200. The van der Waals surface area contributed by atoms with E-state index >= 15 is 0 Å². The molecule has 0 bridgehead atoms. The Bertz CT molecular complexity index is 1430. The SMILES string of the molecule is CN(C)CC=CC(=O)N1CCOc2ccc(-n3nc(-c4ccc(Cl)cc4)c4c(N)ncnc43)cc21. The van der Waals surface area contributed by atoms with Gasteiger partial charge in [0.15, 0.2) is 5.65 Å². The maximum absolute atomic E-state index is 13.0. The highest BCUT2D eigenvalue weighted by Crippen LogP contribution is 2.36. The number of nitrogens with zero attached hydrogens (tertiary/aromatic N) is 6. The van der Waals surface area contributed by atoms with E-state index in [1.165, 1.54) is 6.33 Å². The lowest BCUT2D eigenvalue weighted by molar-refractivity contribution is -0.114. The number of amides is 1. The predicted octanol–water partition coefficient (Wildman–Crippen LogP) is 3.56. The van der Waals surface area contributed by atoms with Gasteiger partial charge in [0.1, 0.15) is 30.2 Å². The van der Waals surface area contributed by atoms with Crippen LogP contribution in [0.2, 0.25) is 5.02 Å². The summed E-state index contributed by atoms with van der Waals surface area (Å²) in [6, 6.07) is 12.9. The van der Waals surface area contributed by atoms with Crippen LogP contribution < -0.4 is 15.4 Å². The van der Waals surface area contributed by atoms with Gasteiger partial charge in [0.05, 0.1) is 23.3 Å². The summed E-state index contributed by atoms with van der Waals surface area (Å²) >= 11 is 6.08. The van der Waals surface area contributed by atoms with Crippen LogP contribution in [-0.2, 0) is 4.79 Å². The molecule has 0 saturated heterocycles. The van der Waals surface area contributed by atoms with Crippen molar-refractivity contribution in [3.8, 4) is 22.7 Å². The number of nitrogens with two attached hydrogens (primary N) is 1. The Morgan fingerprint density at radius 3 is 2.77 bits per heavy atom. The van der Waals surface area contributed by atoms with Crippen LogP contribution in [0.4, 0.5) is 11.5 Å². The van der Waals surface area contributed by atoms with E-state index in [1.54, 1.807) is 27.8 Å². The van der Waals surface area contributed by atoms with Crippen molar-refractivity contribution in [3.63, 3.8) is 0 Å². The van der Waals surface area contributed by atoms with E-state index < -0.39 is 0 Å². The molecule has 0 unspecified atom stereocenters. The Morgan fingerprint density at radius 2 is 2.00 bits per heavy atom. The zero-order valence-corrected chi connectivity index (χ0v) is 20.1. The molecule has 9 nitrogen and oxygen atoms in total. The molecule has 0 radical (unpaired) electrons. The molecule has 0 aliphatic carbocycles. The van der Waals surface area contributed by atoms with Gasteiger partial charge in [0, 0.05) is 23.2 Å². The molecule has 10 heteroatoms. The van der Waals surface area contributed by atoms with Gasteiger partial charge in [-0.05, 0) is 44.4 Å². The van der Waals surface area contributed by atoms with E-state index in [2.05, 4.69) is 9.97 Å². The summed E-state index contributed by atoms with van der Waals surface area (Å²) < 4.78 is 7.52. The van der Waals surface area contributed by atoms with Crippen molar-refractivity contribution >= 4 is 40.0 Å². The average molecular weight is 490 g/mol. The van der Waals surface area contributed by atoms with Crippen molar-refractivity contribution in [2.45, 2.75) is 0 Å².